The van der Waals surface area contributed by atoms with E-state index in [2.05, 4.69) is 37.1 Å². The maximum Gasteiger partial charge on any atom is 0.318 e. The maximum atomic E-state index is 6.25. The Bertz CT molecular complexity index is 673. The summed E-state index contributed by atoms with van der Waals surface area (Å²) in [6, 6.07) is 4.77. The molecule has 0 aromatic carbocycles. The Morgan fingerprint density at radius 2 is 2.04 bits per heavy atom. The standard InChI is InChI=1S/C17H23N5O2/c1-14-19-20-16(24-14)22-8-2-5-17(13-22)12-21(9-10-23-17)11-15-3-6-18-7-4-15/h3-4,6-7H,2,5,8-13H2,1H3/t17-/m0/s1. The number of rotatable bonds is 3. The number of aromatic nitrogens is 3. The summed E-state index contributed by atoms with van der Waals surface area (Å²) in [5.74, 6) is 0.605. The molecule has 1 spiro atoms. The van der Waals surface area contributed by atoms with Gasteiger partial charge in [0, 0.05) is 45.5 Å². The second kappa shape index (κ2) is 6.49. The number of hydrogen-bond donors (Lipinski definition) is 0. The molecule has 0 bridgehead atoms. The molecule has 0 radical (unpaired) electrons. The molecule has 4 heterocycles. The molecule has 2 aliphatic rings. The molecule has 2 aromatic rings. The second-order valence-electron chi connectivity index (χ2n) is 6.73. The molecular formula is C17H23N5O2. The van der Waals surface area contributed by atoms with Crippen LogP contribution in [0.15, 0.2) is 28.9 Å². The summed E-state index contributed by atoms with van der Waals surface area (Å²) in [4.78, 5) is 8.73. The van der Waals surface area contributed by atoms with E-state index in [9.17, 15) is 0 Å². The van der Waals surface area contributed by atoms with Gasteiger partial charge in [0.05, 0.1) is 18.8 Å². The minimum Gasteiger partial charge on any atom is -0.408 e. The van der Waals surface area contributed by atoms with Gasteiger partial charge in [-0.05, 0) is 30.5 Å². The number of pyridine rings is 1. The number of nitrogens with zero attached hydrogens (tertiary/aromatic N) is 5. The van der Waals surface area contributed by atoms with E-state index < -0.39 is 0 Å². The molecular weight excluding hydrogens is 306 g/mol. The van der Waals surface area contributed by atoms with Gasteiger partial charge in [0.2, 0.25) is 5.89 Å². The predicted octanol–water partition coefficient (Wildman–Crippen LogP) is 1.64. The molecule has 128 valence electrons. The van der Waals surface area contributed by atoms with Gasteiger partial charge in [-0.2, -0.15) is 0 Å². The summed E-state index contributed by atoms with van der Waals surface area (Å²) in [6.45, 7) is 7.17. The van der Waals surface area contributed by atoms with Crippen LogP contribution in [0.1, 0.15) is 24.3 Å². The van der Waals surface area contributed by atoms with E-state index in [1.54, 1.807) is 0 Å². The molecule has 7 nitrogen and oxygen atoms in total. The smallest absolute Gasteiger partial charge is 0.318 e. The highest BCUT2D eigenvalue weighted by Crippen LogP contribution is 2.31. The first-order valence-corrected chi connectivity index (χ1v) is 8.53. The Morgan fingerprint density at radius 3 is 2.83 bits per heavy atom. The van der Waals surface area contributed by atoms with Crippen LogP contribution < -0.4 is 4.90 Å². The van der Waals surface area contributed by atoms with Gasteiger partial charge in [-0.3, -0.25) is 9.88 Å². The van der Waals surface area contributed by atoms with Gasteiger partial charge >= 0.3 is 6.01 Å². The topological polar surface area (TPSA) is 67.5 Å². The lowest BCUT2D eigenvalue weighted by molar-refractivity contribution is -0.116. The van der Waals surface area contributed by atoms with E-state index in [1.165, 1.54) is 5.56 Å². The average Bonchev–Trinajstić information content (AvgIpc) is 3.03. The average molecular weight is 329 g/mol. The van der Waals surface area contributed by atoms with E-state index in [0.717, 1.165) is 52.2 Å². The van der Waals surface area contributed by atoms with Crippen LogP contribution in [0.4, 0.5) is 6.01 Å². The van der Waals surface area contributed by atoms with Crippen LogP contribution in [0.3, 0.4) is 0 Å². The molecule has 2 fully saturated rings. The van der Waals surface area contributed by atoms with Crippen LogP contribution in [0, 0.1) is 6.92 Å². The highest BCUT2D eigenvalue weighted by atomic mass is 16.5. The monoisotopic (exact) mass is 329 g/mol. The third-order valence-electron chi connectivity index (χ3n) is 4.81. The fourth-order valence-electron chi connectivity index (χ4n) is 3.73. The van der Waals surface area contributed by atoms with Crippen LogP contribution in [0.5, 0.6) is 0 Å². The maximum absolute atomic E-state index is 6.25. The lowest BCUT2D eigenvalue weighted by Crippen LogP contribution is -2.59. The van der Waals surface area contributed by atoms with Crippen molar-refractivity contribution in [3.63, 3.8) is 0 Å². The van der Waals surface area contributed by atoms with Gasteiger partial charge < -0.3 is 14.1 Å². The molecule has 24 heavy (non-hydrogen) atoms. The molecule has 0 N–H and O–H groups in total. The first-order chi connectivity index (χ1) is 11.7. The van der Waals surface area contributed by atoms with Crippen molar-refractivity contribution in [2.45, 2.75) is 31.9 Å². The van der Waals surface area contributed by atoms with Crippen molar-refractivity contribution in [1.82, 2.24) is 20.1 Å². The zero-order valence-corrected chi connectivity index (χ0v) is 14.0. The normalized spacial score (nSPS) is 25.3. The molecule has 0 amide bonds. The van der Waals surface area contributed by atoms with Crippen molar-refractivity contribution in [2.75, 3.05) is 37.7 Å². The van der Waals surface area contributed by atoms with Gasteiger partial charge in [-0.15, -0.1) is 5.10 Å². The number of hydrogen-bond acceptors (Lipinski definition) is 7. The zero-order valence-electron chi connectivity index (χ0n) is 14.0. The fourth-order valence-corrected chi connectivity index (χ4v) is 3.73. The molecule has 7 heteroatoms. The van der Waals surface area contributed by atoms with Crippen LogP contribution in [0.2, 0.25) is 0 Å². The van der Waals surface area contributed by atoms with Crippen molar-refractivity contribution in [1.29, 1.82) is 0 Å². The molecule has 2 aromatic heterocycles. The van der Waals surface area contributed by atoms with E-state index in [-0.39, 0.29) is 5.60 Å². The van der Waals surface area contributed by atoms with E-state index >= 15 is 0 Å². The van der Waals surface area contributed by atoms with Crippen LogP contribution in [-0.2, 0) is 11.3 Å². The first kappa shape index (κ1) is 15.5. The minimum atomic E-state index is -0.147. The van der Waals surface area contributed by atoms with Gasteiger partial charge in [-0.25, -0.2) is 0 Å². The van der Waals surface area contributed by atoms with Crippen LogP contribution in [-0.4, -0.2) is 58.5 Å². The second-order valence-corrected chi connectivity index (χ2v) is 6.73. The number of anilines is 1. The molecule has 4 rings (SSSR count). The molecule has 1 atom stereocenters. The molecule has 0 saturated carbocycles. The number of piperidine rings is 1. The van der Waals surface area contributed by atoms with Crippen molar-refractivity contribution in [3.8, 4) is 0 Å². The Labute approximate surface area is 141 Å². The summed E-state index contributed by atoms with van der Waals surface area (Å²) in [5.41, 5.74) is 1.15. The van der Waals surface area contributed by atoms with Crippen molar-refractivity contribution >= 4 is 6.01 Å². The fraction of sp³-hybridized carbons (Fsp3) is 0.588. The highest BCUT2D eigenvalue weighted by molar-refractivity contribution is 5.27. The number of aryl methyl sites for hydroxylation is 1. The van der Waals surface area contributed by atoms with Crippen LogP contribution in [0.25, 0.3) is 0 Å². The first-order valence-electron chi connectivity index (χ1n) is 8.53. The zero-order chi connectivity index (χ0) is 16.4. The van der Waals surface area contributed by atoms with Crippen LogP contribution >= 0.6 is 0 Å². The van der Waals surface area contributed by atoms with Gasteiger partial charge in [-0.1, -0.05) is 5.10 Å². The largest absolute Gasteiger partial charge is 0.408 e. The third-order valence-corrected chi connectivity index (χ3v) is 4.81. The summed E-state index contributed by atoms with van der Waals surface area (Å²) in [7, 11) is 0. The molecule has 2 aliphatic heterocycles. The minimum absolute atomic E-state index is 0.147. The third kappa shape index (κ3) is 3.27. The molecule has 0 aliphatic carbocycles. The Kier molecular flexibility index (Phi) is 4.20. The van der Waals surface area contributed by atoms with E-state index in [4.69, 9.17) is 9.15 Å². The number of morpholine rings is 1. The molecule has 2 saturated heterocycles. The van der Waals surface area contributed by atoms with E-state index in [1.807, 2.05) is 19.3 Å². The van der Waals surface area contributed by atoms with Crippen molar-refractivity contribution < 1.29 is 9.15 Å². The van der Waals surface area contributed by atoms with Crippen molar-refractivity contribution in [3.05, 3.63) is 36.0 Å². The van der Waals surface area contributed by atoms with E-state index in [0.29, 0.717) is 11.9 Å². The van der Waals surface area contributed by atoms with Gasteiger partial charge in [0.25, 0.3) is 0 Å². The lowest BCUT2D eigenvalue weighted by atomic mass is 9.90. The van der Waals surface area contributed by atoms with Crippen molar-refractivity contribution in [2.24, 2.45) is 0 Å². The predicted molar refractivity (Wildman–Crippen MR) is 88.7 cm³/mol. The highest BCUT2D eigenvalue weighted by Gasteiger charge is 2.41. The Hall–Kier alpha value is -1.99. The lowest BCUT2D eigenvalue weighted by Gasteiger charge is -2.47. The molecule has 0 unspecified atom stereocenters. The van der Waals surface area contributed by atoms with Gasteiger partial charge in [0.15, 0.2) is 0 Å². The SMILES string of the molecule is Cc1nnc(N2CCC[C@]3(CN(Cc4ccncc4)CCO3)C2)o1. The Balaban J connectivity index is 1.45. The Morgan fingerprint density at radius 1 is 1.17 bits per heavy atom. The quantitative estimate of drug-likeness (QED) is 0.848. The summed E-state index contributed by atoms with van der Waals surface area (Å²) in [6.07, 6.45) is 5.85. The summed E-state index contributed by atoms with van der Waals surface area (Å²) >= 11 is 0. The summed E-state index contributed by atoms with van der Waals surface area (Å²) in [5, 5.41) is 8.12. The number of ether oxygens (including phenoxy) is 1. The summed E-state index contributed by atoms with van der Waals surface area (Å²) < 4.78 is 11.9. The van der Waals surface area contributed by atoms with Gasteiger partial charge in [0.1, 0.15) is 0 Å².